The van der Waals surface area contributed by atoms with Gasteiger partial charge >= 0.3 is 0 Å². The van der Waals surface area contributed by atoms with E-state index in [4.69, 9.17) is 4.74 Å². The van der Waals surface area contributed by atoms with Gasteiger partial charge in [-0.3, -0.25) is 4.79 Å². The molecule has 0 unspecified atom stereocenters. The Bertz CT molecular complexity index is 515. The fourth-order valence-electron chi connectivity index (χ4n) is 2.75. The Balaban J connectivity index is 2.37. The summed E-state index contributed by atoms with van der Waals surface area (Å²) in [5, 5.41) is 0.732. The van der Waals surface area contributed by atoms with Crippen LogP contribution in [0.4, 0.5) is 0 Å². The Morgan fingerprint density at radius 2 is 1.95 bits per heavy atom. The van der Waals surface area contributed by atoms with Crippen molar-refractivity contribution in [3.63, 3.8) is 0 Å². The number of rotatable bonds is 4. The van der Waals surface area contributed by atoms with Gasteiger partial charge in [-0.05, 0) is 42.9 Å². The molecule has 3 heteroatoms. The molecule has 0 saturated carbocycles. The monoisotopic (exact) mass is 336 g/mol. The molecule has 0 spiro atoms. The maximum atomic E-state index is 12.3. The number of halogens is 1. The van der Waals surface area contributed by atoms with Gasteiger partial charge in [0.25, 0.3) is 0 Å². The van der Waals surface area contributed by atoms with Crippen molar-refractivity contribution in [3.8, 4) is 0 Å². The van der Waals surface area contributed by atoms with Crippen LogP contribution < -0.4 is 0 Å². The van der Waals surface area contributed by atoms with E-state index in [1.807, 2.05) is 25.1 Å². The van der Waals surface area contributed by atoms with Crippen molar-refractivity contribution in [2.45, 2.75) is 32.3 Å². The summed E-state index contributed by atoms with van der Waals surface area (Å²) in [6.07, 6.45) is 1.45. The number of hydrogen-bond donors (Lipinski definition) is 0. The molecule has 1 aromatic carbocycles. The zero-order valence-corrected chi connectivity index (χ0v) is 13.9. The van der Waals surface area contributed by atoms with Crippen LogP contribution in [0.1, 0.15) is 32.3 Å². The van der Waals surface area contributed by atoms with Gasteiger partial charge in [-0.15, -0.1) is 0 Å². The highest BCUT2D eigenvalue weighted by molar-refractivity contribution is 9.09. The minimum absolute atomic E-state index is 0.207. The molecule has 2 nitrogen and oxygen atoms in total. The number of carbonyl (C=O) groups is 1. The molecular formula is C17H21BrO2. The lowest BCUT2D eigenvalue weighted by molar-refractivity contribution is -0.119. The van der Waals surface area contributed by atoms with Crippen LogP contribution in [0.25, 0.3) is 5.57 Å². The summed E-state index contributed by atoms with van der Waals surface area (Å²) in [6.45, 7) is 4.02. The first-order valence-electron chi connectivity index (χ1n) is 6.91. The first kappa shape index (κ1) is 15.5. The maximum Gasteiger partial charge on any atom is 0.159 e. The van der Waals surface area contributed by atoms with E-state index < -0.39 is 0 Å². The van der Waals surface area contributed by atoms with Crippen LogP contribution in [-0.4, -0.2) is 23.8 Å². The van der Waals surface area contributed by atoms with Crippen molar-refractivity contribution in [1.29, 1.82) is 0 Å². The van der Waals surface area contributed by atoms with Crippen LogP contribution in [0.3, 0.4) is 0 Å². The third kappa shape index (κ3) is 2.89. The van der Waals surface area contributed by atoms with Crippen LogP contribution in [0.2, 0.25) is 0 Å². The van der Waals surface area contributed by atoms with Gasteiger partial charge in [-0.1, -0.05) is 46.3 Å². The standard InChI is InChI=1S/C17H21BrO2/c1-12-15(13-7-5-4-6-8-13)9-14(10-16(12)19)17(2,11-18)20-3/h4-8,14H,9-11H2,1-3H3/t14-,17+/m1/s1. The van der Waals surface area contributed by atoms with Gasteiger partial charge in [0.15, 0.2) is 5.78 Å². The van der Waals surface area contributed by atoms with Gasteiger partial charge in [-0.25, -0.2) is 0 Å². The average molecular weight is 337 g/mol. The lowest BCUT2D eigenvalue weighted by Gasteiger charge is -2.38. The smallest absolute Gasteiger partial charge is 0.159 e. The lowest BCUT2D eigenvalue weighted by Crippen LogP contribution is -2.41. The fraction of sp³-hybridized carbons (Fsp3) is 0.471. The van der Waals surface area contributed by atoms with E-state index in [1.165, 1.54) is 0 Å². The molecule has 0 amide bonds. The molecule has 1 aliphatic rings. The summed E-state index contributed by atoms with van der Waals surface area (Å²) in [4.78, 5) is 12.3. The Labute approximate surface area is 129 Å². The van der Waals surface area contributed by atoms with Crippen molar-refractivity contribution in [2.24, 2.45) is 5.92 Å². The molecular weight excluding hydrogens is 316 g/mol. The molecule has 0 radical (unpaired) electrons. The molecule has 2 atom stereocenters. The number of allylic oxidation sites excluding steroid dienone is 2. The average Bonchev–Trinajstić information content (AvgIpc) is 2.50. The Morgan fingerprint density at radius 3 is 2.50 bits per heavy atom. The first-order valence-corrected chi connectivity index (χ1v) is 8.03. The number of methoxy groups -OCH3 is 1. The molecule has 0 saturated heterocycles. The highest BCUT2D eigenvalue weighted by atomic mass is 79.9. The third-order valence-electron chi connectivity index (χ3n) is 4.47. The summed E-state index contributed by atoms with van der Waals surface area (Å²) in [5.41, 5.74) is 2.91. The number of carbonyl (C=O) groups excluding carboxylic acids is 1. The summed E-state index contributed by atoms with van der Waals surface area (Å²) in [6, 6.07) is 10.2. The largest absolute Gasteiger partial charge is 0.377 e. The maximum absolute atomic E-state index is 12.3. The number of Topliss-reactive ketones (excluding diaryl/α,β-unsaturated/α-hetero) is 1. The Hall–Kier alpha value is -0.930. The van der Waals surface area contributed by atoms with Gasteiger partial charge in [-0.2, -0.15) is 0 Å². The molecule has 1 aliphatic carbocycles. The fourth-order valence-corrected chi connectivity index (χ4v) is 3.44. The van der Waals surface area contributed by atoms with Crippen LogP contribution >= 0.6 is 15.9 Å². The molecule has 0 heterocycles. The SMILES string of the molecule is CO[C@@](C)(CBr)[C@H]1CC(=O)C(C)=C(c2ccccc2)C1. The summed E-state index contributed by atoms with van der Waals surface area (Å²) in [7, 11) is 1.72. The van der Waals surface area contributed by atoms with Gasteiger partial charge in [0, 0.05) is 18.9 Å². The van der Waals surface area contributed by atoms with E-state index in [-0.39, 0.29) is 17.3 Å². The van der Waals surface area contributed by atoms with Crippen LogP contribution in [-0.2, 0) is 9.53 Å². The minimum Gasteiger partial charge on any atom is -0.377 e. The third-order valence-corrected chi connectivity index (χ3v) is 5.58. The van der Waals surface area contributed by atoms with Crippen molar-refractivity contribution < 1.29 is 9.53 Å². The first-order chi connectivity index (χ1) is 9.51. The molecule has 0 aliphatic heterocycles. The number of ketones is 1. The van der Waals surface area contributed by atoms with E-state index in [0.717, 1.165) is 28.5 Å². The molecule has 0 aromatic heterocycles. The second kappa shape index (κ2) is 6.23. The second-order valence-electron chi connectivity index (χ2n) is 5.65. The van der Waals surface area contributed by atoms with Crippen molar-refractivity contribution >= 4 is 27.3 Å². The predicted octanol–water partition coefficient (Wildman–Crippen LogP) is 4.24. The molecule has 0 N–H and O–H groups in total. The van der Waals surface area contributed by atoms with Gasteiger partial charge in [0.2, 0.25) is 0 Å². The topological polar surface area (TPSA) is 26.3 Å². The van der Waals surface area contributed by atoms with E-state index >= 15 is 0 Å². The number of hydrogen-bond acceptors (Lipinski definition) is 2. The zero-order chi connectivity index (χ0) is 14.8. The molecule has 108 valence electrons. The Morgan fingerprint density at radius 1 is 1.30 bits per heavy atom. The highest BCUT2D eigenvalue weighted by Crippen LogP contribution is 2.40. The normalized spacial score (nSPS) is 22.8. The van der Waals surface area contributed by atoms with E-state index in [2.05, 4.69) is 35.0 Å². The van der Waals surface area contributed by atoms with Crippen molar-refractivity contribution in [2.75, 3.05) is 12.4 Å². The highest BCUT2D eigenvalue weighted by Gasteiger charge is 2.38. The quantitative estimate of drug-likeness (QED) is 0.768. The minimum atomic E-state index is -0.309. The zero-order valence-electron chi connectivity index (χ0n) is 12.3. The van der Waals surface area contributed by atoms with E-state index in [9.17, 15) is 4.79 Å². The van der Waals surface area contributed by atoms with Gasteiger partial charge in [0.1, 0.15) is 0 Å². The van der Waals surface area contributed by atoms with Crippen molar-refractivity contribution in [1.82, 2.24) is 0 Å². The van der Waals surface area contributed by atoms with Crippen LogP contribution in [0.5, 0.6) is 0 Å². The molecule has 1 aromatic rings. The van der Waals surface area contributed by atoms with Gasteiger partial charge in [0.05, 0.1) is 5.60 Å². The van der Waals surface area contributed by atoms with Gasteiger partial charge < -0.3 is 4.74 Å². The Kier molecular flexibility index (Phi) is 4.82. The van der Waals surface area contributed by atoms with E-state index in [0.29, 0.717) is 6.42 Å². The molecule has 20 heavy (non-hydrogen) atoms. The summed E-state index contributed by atoms with van der Waals surface area (Å²) in [5.74, 6) is 0.447. The molecule has 0 fully saturated rings. The van der Waals surface area contributed by atoms with E-state index in [1.54, 1.807) is 7.11 Å². The lowest BCUT2D eigenvalue weighted by atomic mass is 9.74. The number of ether oxygens (including phenoxy) is 1. The van der Waals surface area contributed by atoms with Crippen LogP contribution in [0.15, 0.2) is 35.9 Å². The molecule has 2 rings (SSSR count). The predicted molar refractivity (Wildman–Crippen MR) is 86.0 cm³/mol. The number of alkyl halides is 1. The van der Waals surface area contributed by atoms with Crippen molar-refractivity contribution in [3.05, 3.63) is 41.5 Å². The summed E-state index contributed by atoms with van der Waals surface area (Å²) >= 11 is 3.53. The second-order valence-corrected chi connectivity index (χ2v) is 6.21. The molecule has 0 bridgehead atoms. The number of benzene rings is 1. The van der Waals surface area contributed by atoms with Crippen LogP contribution in [0, 0.1) is 5.92 Å². The summed E-state index contributed by atoms with van der Waals surface area (Å²) < 4.78 is 5.67.